The van der Waals surface area contributed by atoms with E-state index in [0.717, 1.165) is 57.4 Å². The number of aryl methyl sites for hydroxylation is 1. The molecule has 1 aromatic heterocycles. The number of benzene rings is 1. The Morgan fingerprint density at radius 1 is 1.03 bits per heavy atom. The highest BCUT2D eigenvalue weighted by molar-refractivity contribution is 5.95. The summed E-state index contributed by atoms with van der Waals surface area (Å²) in [6.45, 7) is 5.94. The minimum atomic E-state index is -0.374. The van der Waals surface area contributed by atoms with Crippen LogP contribution in [-0.2, 0) is 11.3 Å². The first-order chi connectivity index (χ1) is 15.5. The molecule has 0 radical (unpaired) electrons. The number of carbonyl (C=O) groups is 2. The minimum Gasteiger partial charge on any atom is -0.338 e. The van der Waals surface area contributed by atoms with Gasteiger partial charge in [-0.15, -0.1) is 0 Å². The molecule has 0 spiro atoms. The highest BCUT2D eigenvalue weighted by atomic mass is 16.5. The molecule has 1 aliphatic carbocycles. The van der Waals surface area contributed by atoms with E-state index in [9.17, 15) is 9.59 Å². The molecule has 0 unspecified atom stereocenters. The molecular formula is C23H32N6O3. The van der Waals surface area contributed by atoms with Gasteiger partial charge in [-0.25, -0.2) is 4.79 Å². The van der Waals surface area contributed by atoms with Crippen LogP contribution in [-0.4, -0.2) is 70.6 Å². The third kappa shape index (κ3) is 6.37. The molecule has 2 aliphatic rings. The van der Waals surface area contributed by atoms with Gasteiger partial charge in [0.15, 0.2) is 0 Å². The molecule has 1 aromatic carbocycles. The third-order valence-corrected chi connectivity index (χ3v) is 6.16. The van der Waals surface area contributed by atoms with E-state index in [0.29, 0.717) is 18.3 Å². The largest absolute Gasteiger partial charge is 0.338 e. The molecule has 32 heavy (non-hydrogen) atoms. The molecule has 1 saturated heterocycles. The Balaban J connectivity index is 1.17. The first-order valence-electron chi connectivity index (χ1n) is 11.5. The molecule has 2 fully saturated rings. The Labute approximate surface area is 188 Å². The predicted molar refractivity (Wildman–Crippen MR) is 120 cm³/mol. The fraction of sp³-hybridized carbons (Fsp3) is 0.565. The molecule has 9 heteroatoms. The molecule has 2 aromatic rings. The second-order valence-corrected chi connectivity index (χ2v) is 8.79. The van der Waals surface area contributed by atoms with Crippen molar-refractivity contribution >= 4 is 11.9 Å². The van der Waals surface area contributed by atoms with Gasteiger partial charge in [-0.2, -0.15) is 4.98 Å². The highest BCUT2D eigenvalue weighted by Crippen LogP contribution is 2.18. The number of aromatic nitrogens is 2. The van der Waals surface area contributed by atoms with Crippen LogP contribution in [0.25, 0.3) is 11.4 Å². The van der Waals surface area contributed by atoms with Gasteiger partial charge < -0.3 is 9.84 Å². The summed E-state index contributed by atoms with van der Waals surface area (Å²) >= 11 is 0. The quantitative estimate of drug-likeness (QED) is 0.710. The molecule has 0 atom stereocenters. The summed E-state index contributed by atoms with van der Waals surface area (Å²) in [7, 11) is 0. The zero-order valence-electron chi connectivity index (χ0n) is 18.7. The molecule has 3 amide bonds. The van der Waals surface area contributed by atoms with E-state index < -0.39 is 0 Å². The monoisotopic (exact) mass is 440 g/mol. The topological polar surface area (TPSA) is 104 Å². The van der Waals surface area contributed by atoms with Crippen LogP contribution in [0.4, 0.5) is 4.79 Å². The zero-order chi connectivity index (χ0) is 22.3. The summed E-state index contributed by atoms with van der Waals surface area (Å²) in [4.78, 5) is 33.1. The van der Waals surface area contributed by atoms with Gasteiger partial charge in [0.25, 0.3) is 0 Å². The minimum absolute atomic E-state index is 0.191. The van der Waals surface area contributed by atoms with Crippen LogP contribution in [0, 0.1) is 6.92 Å². The zero-order valence-corrected chi connectivity index (χ0v) is 18.7. The van der Waals surface area contributed by atoms with Crippen molar-refractivity contribution in [3.05, 3.63) is 35.7 Å². The second-order valence-electron chi connectivity index (χ2n) is 8.79. The van der Waals surface area contributed by atoms with Gasteiger partial charge in [-0.1, -0.05) is 54.2 Å². The Bertz CT molecular complexity index is 899. The second kappa shape index (κ2) is 10.7. The van der Waals surface area contributed by atoms with E-state index in [1.54, 1.807) is 0 Å². The molecule has 2 heterocycles. The van der Waals surface area contributed by atoms with Gasteiger partial charge >= 0.3 is 6.03 Å². The van der Waals surface area contributed by atoms with E-state index in [2.05, 4.69) is 30.6 Å². The SMILES string of the molecule is Cc1ccc(-c2noc(CN3CCN(CC(=O)NC(=O)NC4CCCCC4)CC3)n2)cc1. The normalized spacial score (nSPS) is 18.4. The Morgan fingerprint density at radius 2 is 1.72 bits per heavy atom. The first-order valence-corrected chi connectivity index (χ1v) is 11.5. The number of hydrogen-bond acceptors (Lipinski definition) is 7. The van der Waals surface area contributed by atoms with Crippen molar-refractivity contribution in [2.75, 3.05) is 32.7 Å². The molecule has 1 saturated carbocycles. The van der Waals surface area contributed by atoms with Crippen LogP contribution in [0.3, 0.4) is 0 Å². The summed E-state index contributed by atoms with van der Waals surface area (Å²) < 4.78 is 5.42. The Kier molecular flexibility index (Phi) is 7.49. The predicted octanol–water partition coefficient (Wildman–Crippen LogP) is 2.32. The molecule has 172 valence electrons. The van der Waals surface area contributed by atoms with Crippen LogP contribution in [0.15, 0.2) is 28.8 Å². The highest BCUT2D eigenvalue weighted by Gasteiger charge is 2.22. The Hall–Kier alpha value is -2.78. The van der Waals surface area contributed by atoms with E-state index in [1.807, 2.05) is 31.2 Å². The number of carbonyl (C=O) groups excluding carboxylic acids is 2. The third-order valence-electron chi connectivity index (χ3n) is 6.16. The molecular weight excluding hydrogens is 408 g/mol. The lowest BCUT2D eigenvalue weighted by Gasteiger charge is -2.33. The molecule has 2 N–H and O–H groups in total. The van der Waals surface area contributed by atoms with Crippen LogP contribution < -0.4 is 10.6 Å². The lowest BCUT2D eigenvalue weighted by Crippen LogP contribution is -2.51. The summed E-state index contributed by atoms with van der Waals surface area (Å²) in [5.74, 6) is 0.930. The van der Waals surface area contributed by atoms with E-state index in [-0.39, 0.29) is 24.5 Å². The number of imide groups is 1. The maximum Gasteiger partial charge on any atom is 0.321 e. The van der Waals surface area contributed by atoms with Gasteiger partial charge in [0, 0.05) is 37.8 Å². The molecule has 0 bridgehead atoms. The maximum atomic E-state index is 12.2. The average molecular weight is 441 g/mol. The van der Waals surface area contributed by atoms with Crippen LogP contribution >= 0.6 is 0 Å². The van der Waals surface area contributed by atoms with Crippen LogP contribution in [0.1, 0.15) is 43.6 Å². The van der Waals surface area contributed by atoms with Crippen molar-refractivity contribution in [2.45, 2.75) is 51.6 Å². The fourth-order valence-electron chi connectivity index (χ4n) is 4.27. The summed E-state index contributed by atoms with van der Waals surface area (Å²) in [5, 5.41) is 9.48. The van der Waals surface area contributed by atoms with Crippen molar-refractivity contribution < 1.29 is 14.1 Å². The Morgan fingerprint density at radius 3 is 2.44 bits per heavy atom. The van der Waals surface area contributed by atoms with Crippen molar-refractivity contribution in [3.63, 3.8) is 0 Å². The molecule has 4 rings (SSSR count). The number of nitrogens with one attached hydrogen (secondary N) is 2. The van der Waals surface area contributed by atoms with Crippen LogP contribution in [0.5, 0.6) is 0 Å². The number of piperazine rings is 1. The summed E-state index contributed by atoms with van der Waals surface area (Å²) in [5.41, 5.74) is 2.13. The van der Waals surface area contributed by atoms with Gasteiger partial charge in [0.2, 0.25) is 17.6 Å². The van der Waals surface area contributed by atoms with Crippen molar-refractivity contribution in [3.8, 4) is 11.4 Å². The smallest absolute Gasteiger partial charge is 0.321 e. The standard InChI is InChI=1S/C23H32N6O3/c1-17-7-9-18(10-8-17)22-26-21(32-27-22)16-29-13-11-28(12-14-29)15-20(30)25-23(31)24-19-5-3-2-4-6-19/h7-10,19H,2-6,11-16H2,1H3,(H2,24,25,30,31). The number of amides is 3. The van der Waals surface area contributed by atoms with Crippen LogP contribution in [0.2, 0.25) is 0 Å². The van der Waals surface area contributed by atoms with E-state index in [1.165, 1.54) is 12.0 Å². The van der Waals surface area contributed by atoms with Gasteiger partial charge in [0.05, 0.1) is 13.1 Å². The van der Waals surface area contributed by atoms with E-state index >= 15 is 0 Å². The molecule has 9 nitrogen and oxygen atoms in total. The fourth-order valence-corrected chi connectivity index (χ4v) is 4.27. The number of rotatable bonds is 6. The number of nitrogens with zero attached hydrogens (tertiary/aromatic N) is 4. The summed E-state index contributed by atoms with van der Waals surface area (Å²) in [6, 6.07) is 7.85. The lowest BCUT2D eigenvalue weighted by molar-refractivity contribution is -0.121. The maximum absolute atomic E-state index is 12.2. The van der Waals surface area contributed by atoms with E-state index in [4.69, 9.17) is 4.52 Å². The number of hydrogen-bond donors (Lipinski definition) is 2. The first kappa shape index (κ1) is 22.4. The van der Waals surface area contributed by atoms with Crippen molar-refractivity contribution in [1.29, 1.82) is 0 Å². The molecule has 1 aliphatic heterocycles. The summed E-state index contributed by atoms with van der Waals surface area (Å²) in [6.07, 6.45) is 5.50. The lowest BCUT2D eigenvalue weighted by atomic mass is 9.96. The average Bonchev–Trinajstić information content (AvgIpc) is 3.24. The van der Waals surface area contributed by atoms with Gasteiger partial charge in [0.1, 0.15) is 0 Å². The van der Waals surface area contributed by atoms with Crippen molar-refractivity contribution in [2.24, 2.45) is 0 Å². The van der Waals surface area contributed by atoms with Gasteiger partial charge in [-0.05, 0) is 19.8 Å². The van der Waals surface area contributed by atoms with Crippen molar-refractivity contribution in [1.82, 2.24) is 30.6 Å². The van der Waals surface area contributed by atoms with Gasteiger partial charge in [-0.3, -0.25) is 19.9 Å². The number of urea groups is 1.